The van der Waals surface area contributed by atoms with Crippen LogP contribution in [0.15, 0.2) is 30.3 Å². The van der Waals surface area contributed by atoms with Gasteiger partial charge in [0.15, 0.2) is 0 Å². The van der Waals surface area contributed by atoms with E-state index in [4.69, 9.17) is 10.00 Å². The van der Waals surface area contributed by atoms with E-state index in [1.54, 1.807) is 0 Å². The zero-order valence-electron chi connectivity index (χ0n) is 10.6. The summed E-state index contributed by atoms with van der Waals surface area (Å²) in [6.07, 6.45) is 0.939. The lowest BCUT2D eigenvalue weighted by molar-refractivity contribution is 0.217. The maximum Gasteiger partial charge on any atom is 0.119 e. The lowest BCUT2D eigenvalue weighted by atomic mass is 10.3. The van der Waals surface area contributed by atoms with E-state index in [0.29, 0.717) is 19.2 Å². The fourth-order valence-corrected chi connectivity index (χ4v) is 1.59. The number of benzene rings is 1. The highest BCUT2D eigenvalue weighted by atomic mass is 16.5. The molecule has 0 atom stereocenters. The molecule has 3 nitrogen and oxygen atoms in total. The molecule has 0 aromatic heterocycles. The number of nitrogens with zero attached hydrogens (tertiary/aromatic N) is 2. The normalized spacial score (nSPS) is 10.5. The van der Waals surface area contributed by atoms with Gasteiger partial charge < -0.3 is 4.74 Å². The van der Waals surface area contributed by atoms with E-state index < -0.39 is 0 Å². The summed E-state index contributed by atoms with van der Waals surface area (Å²) >= 11 is 0. The third-order valence-corrected chi connectivity index (χ3v) is 2.61. The minimum Gasteiger partial charge on any atom is -0.494 e. The molecule has 1 rings (SSSR count). The Morgan fingerprint density at radius 2 is 2.00 bits per heavy atom. The van der Waals surface area contributed by atoms with E-state index in [-0.39, 0.29) is 0 Å². The second kappa shape index (κ2) is 7.70. The third kappa shape index (κ3) is 5.37. The van der Waals surface area contributed by atoms with Crippen LogP contribution in [0.25, 0.3) is 0 Å². The molecule has 1 aromatic rings. The maximum absolute atomic E-state index is 8.70. The van der Waals surface area contributed by atoms with Crippen molar-refractivity contribution in [2.24, 2.45) is 0 Å². The molecule has 0 aliphatic carbocycles. The zero-order valence-corrected chi connectivity index (χ0v) is 10.6. The lowest BCUT2D eigenvalue weighted by Crippen LogP contribution is -2.32. The summed E-state index contributed by atoms with van der Waals surface area (Å²) in [5.41, 5.74) is 0. The Morgan fingerprint density at radius 3 is 2.59 bits per heavy atom. The van der Waals surface area contributed by atoms with Crippen molar-refractivity contribution in [3.63, 3.8) is 0 Å². The second-order valence-corrected chi connectivity index (χ2v) is 4.24. The summed E-state index contributed by atoms with van der Waals surface area (Å²) in [5.74, 6) is 0.906. The molecule has 0 aliphatic heterocycles. The molecule has 0 amide bonds. The van der Waals surface area contributed by atoms with Crippen LogP contribution in [-0.4, -0.2) is 30.6 Å². The molecule has 0 unspecified atom stereocenters. The first kappa shape index (κ1) is 13.5. The zero-order chi connectivity index (χ0) is 12.5. The fourth-order valence-electron chi connectivity index (χ4n) is 1.59. The first-order valence-corrected chi connectivity index (χ1v) is 6.03. The number of nitriles is 1. The molecule has 0 fully saturated rings. The van der Waals surface area contributed by atoms with Crippen LogP contribution in [0, 0.1) is 11.3 Å². The maximum atomic E-state index is 8.70. The van der Waals surface area contributed by atoms with Crippen LogP contribution in [0.3, 0.4) is 0 Å². The first-order valence-electron chi connectivity index (χ1n) is 6.03. The molecule has 1 aromatic carbocycles. The average molecular weight is 232 g/mol. The van der Waals surface area contributed by atoms with Gasteiger partial charge in [0.25, 0.3) is 0 Å². The largest absolute Gasteiger partial charge is 0.494 e. The van der Waals surface area contributed by atoms with Gasteiger partial charge in [-0.3, -0.25) is 4.90 Å². The van der Waals surface area contributed by atoms with Crippen molar-refractivity contribution in [3.8, 4) is 11.8 Å². The summed E-state index contributed by atoms with van der Waals surface area (Å²) in [6, 6.07) is 12.4. The quantitative estimate of drug-likeness (QED) is 0.535. The molecule has 0 heterocycles. The van der Waals surface area contributed by atoms with E-state index in [9.17, 15) is 0 Å². The monoisotopic (exact) mass is 232 g/mol. The van der Waals surface area contributed by atoms with Crippen LogP contribution in [0.4, 0.5) is 0 Å². The van der Waals surface area contributed by atoms with Gasteiger partial charge in [-0.15, -0.1) is 0 Å². The van der Waals surface area contributed by atoms with Gasteiger partial charge in [0.05, 0.1) is 19.2 Å². The number of ether oxygens (including phenoxy) is 1. The summed E-state index contributed by atoms with van der Waals surface area (Å²) in [5, 5.41) is 8.70. The van der Waals surface area contributed by atoms with Crippen molar-refractivity contribution in [2.45, 2.75) is 26.3 Å². The van der Waals surface area contributed by atoms with Gasteiger partial charge in [0.2, 0.25) is 0 Å². The van der Waals surface area contributed by atoms with Crippen molar-refractivity contribution in [2.75, 3.05) is 19.7 Å². The average Bonchev–Trinajstić information content (AvgIpc) is 2.34. The molecular formula is C14H20N2O. The summed E-state index contributed by atoms with van der Waals surface area (Å²) < 4.78 is 5.60. The predicted molar refractivity (Wildman–Crippen MR) is 68.9 cm³/mol. The van der Waals surface area contributed by atoms with E-state index >= 15 is 0 Å². The molecule has 0 radical (unpaired) electrons. The van der Waals surface area contributed by atoms with E-state index in [2.05, 4.69) is 24.8 Å². The van der Waals surface area contributed by atoms with Crippen LogP contribution in [0.1, 0.15) is 20.3 Å². The molecule has 3 heteroatoms. The highest BCUT2D eigenvalue weighted by Crippen LogP contribution is 2.08. The highest BCUT2D eigenvalue weighted by Gasteiger charge is 2.07. The van der Waals surface area contributed by atoms with Crippen molar-refractivity contribution >= 4 is 0 Å². The van der Waals surface area contributed by atoms with Crippen molar-refractivity contribution < 1.29 is 4.74 Å². The molecule has 0 saturated heterocycles. The van der Waals surface area contributed by atoms with E-state index in [1.165, 1.54) is 0 Å². The Balaban J connectivity index is 2.21. The molecule has 0 spiro atoms. The third-order valence-electron chi connectivity index (χ3n) is 2.61. The van der Waals surface area contributed by atoms with Gasteiger partial charge in [-0.1, -0.05) is 18.2 Å². The lowest BCUT2D eigenvalue weighted by Gasteiger charge is -2.23. The van der Waals surface area contributed by atoms with E-state index in [1.807, 2.05) is 30.3 Å². The van der Waals surface area contributed by atoms with Gasteiger partial charge in [-0.05, 0) is 32.4 Å². The molecule has 0 N–H and O–H groups in total. The first-order chi connectivity index (χ1) is 8.24. The Kier molecular flexibility index (Phi) is 6.13. The SMILES string of the molecule is CC(C)N(CC#N)CCCOc1ccccc1. The van der Waals surface area contributed by atoms with Gasteiger partial charge in [0, 0.05) is 12.6 Å². The molecule has 92 valence electrons. The smallest absolute Gasteiger partial charge is 0.119 e. The van der Waals surface area contributed by atoms with Crippen LogP contribution in [0.2, 0.25) is 0 Å². The van der Waals surface area contributed by atoms with Gasteiger partial charge in [0.1, 0.15) is 5.75 Å². The van der Waals surface area contributed by atoms with Crippen LogP contribution in [0.5, 0.6) is 5.75 Å². The molecule has 0 aliphatic rings. The second-order valence-electron chi connectivity index (χ2n) is 4.24. The number of rotatable bonds is 7. The number of hydrogen-bond acceptors (Lipinski definition) is 3. The van der Waals surface area contributed by atoms with Gasteiger partial charge >= 0.3 is 0 Å². The molecule has 17 heavy (non-hydrogen) atoms. The Labute approximate surface area is 104 Å². The van der Waals surface area contributed by atoms with Gasteiger partial charge in [-0.2, -0.15) is 5.26 Å². The van der Waals surface area contributed by atoms with Crippen LogP contribution >= 0.6 is 0 Å². The Morgan fingerprint density at radius 1 is 1.29 bits per heavy atom. The number of para-hydroxylation sites is 1. The van der Waals surface area contributed by atoms with Crippen LogP contribution in [-0.2, 0) is 0 Å². The Bertz CT molecular complexity index is 343. The summed E-state index contributed by atoms with van der Waals surface area (Å²) in [7, 11) is 0. The van der Waals surface area contributed by atoms with E-state index in [0.717, 1.165) is 18.7 Å². The summed E-state index contributed by atoms with van der Waals surface area (Å²) in [6.45, 7) is 6.30. The standard InChI is InChI=1S/C14H20N2O/c1-13(2)16(11-9-15)10-6-12-17-14-7-4-3-5-8-14/h3-5,7-8,13H,6,10-12H2,1-2H3. The van der Waals surface area contributed by atoms with Crippen molar-refractivity contribution in [1.29, 1.82) is 5.26 Å². The van der Waals surface area contributed by atoms with Crippen LogP contribution < -0.4 is 4.74 Å². The highest BCUT2D eigenvalue weighted by molar-refractivity contribution is 5.20. The van der Waals surface area contributed by atoms with Crippen molar-refractivity contribution in [3.05, 3.63) is 30.3 Å². The molecular weight excluding hydrogens is 212 g/mol. The minimum absolute atomic E-state index is 0.409. The number of hydrogen-bond donors (Lipinski definition) is 0. The molecule has 0 saturated carbocycles. The molecule has 0 bridgehead atoms. The Hall–Kier alpha value is -1.53. The predicted octanol–water partition coefficient (Wildman–Crippen LogP) is 2.69. The minimum atomic E-state index is 0.409. The fraction of sp³-hybridized carbons (Fsp3) is 0.500. The summed E-state index contributed by atoms with van der Waals surface area (Å²) in [4.78, 5) is 2.15. The van der Waals surface area contributed by atoms with Gasteiger partial charge in [-0.25, -0.2) is 0 Å². The van der Waals surface area contributed by atoms with Crippen molar-refractivity contribution in [1.82, 2.24) is 4.90 Å². The topological polar surface area (TPSA) is 36.3 Å².